The van der Waals surface area contributed by atoms with E-state index in [1.54, 1.807) is 13.8 Å². The lowest BCUT2D eigenvalue weighted by Gasteiger charge is -2.39. The Balaban J connectivity index is 5.99. The molecule has 0 spiro atoms. The third-order valence-corrected chi connectivity index (χ3v) is 4.19. The first-order valence-corrected chi connectivity index (χ1v) is 10.3. The van der Waals surface area contributed by atoms with E-state index in [-0.39, 0.29) is 11.9 Å². The number of hydrogen-bond donors (Lipinski definition) is 0. The summed E-state index contributed by atoms with van der Waals surface area (Å²) >= 11 is 0. The van der Waals surface area contributed by atoms with Gasteiger partial charge in [0.1, 0.15) is 12.1 Å². The van der Waals surface area contributed by atoms with Crippen LogP contribution in [0.2, 0.25) is 0 Å². The first kappa shape index (κ1) is 24.9. The molecule has 6 nitrogen and oxygen atoms in total. The van der Waals surface area contributed by atoms with Crippen LogP contribution >= 0.6 is 0 Å². The minimum absolute atomic E-state index is 0.304. The number of carbonyl (C=O) groups excluding carboxylic acids is 2. The number of nitrogens with zero attached hydrogens (tertiary/aromatic N) is 2. The van der Waals surface area contributed by atoms with Crippen LogP contribution in [0.5, 0.6) is 0 Å². The van der Waals surface area contributed by atoms with Crippen molar-refractivity contribution >= 4 is 11.9 Å². The van der Waals surface area contributed by atoms with Crippen molar-refractivity contribution in [2.75, 3.05) is 39.4 Å². The summed E-state index contributed by atoms with van der Waals surface area (Å²) in [6.45, 7) is 15.5. The lowest BCUT2D eigenvalue weighted by Crippen LogP contribution is -2.60. The van der Waals surface area contributed by atoms with Crippen molar-refractivity contribution < 1.29 is 19.1 Å². The third-order valence-electron chi connectivity index (χ3n) is 4.19. The maximum Gasteiger partial charge on any atom is 0.325 e. The molecule has 0 aliphatic carbocycles. The van der Waals surface area contributed by atoms with Gasteiger partial charge in [0.2, 0.25) is 0 Å². The molecule has 0 heterocycles. The third kappa shape index (κ3) is 8.04. The molecule has 0 amide bonds. The Kier molecular flexibility index (Phi) is 14.3. The van der Waals surface area contributed by atoms with Gasteiger partial charge in [0, 0.05) is 0 Å². The van der Waals surface area contributed by atoms with E-state index >= 15 is 0 Å². The van der Waals surface area contributed by atoms with Crippen molar-refractivity contribution in [3.8, 4) is 0 Å². The zero-order chi connectivity index (χ0) is 19.9. The van der Waals surface area contributed by atoms with Crippen LogP contribution in [0.25, 0.3) is 0 Å². The molecule has 0 aromatic heterocycles. The van der Waals surface area contributed by atoms with Gasteiger partial charge in [0.15, 0.2) is 0 Å². The molecule has 0 bridgehead atoms. The smallest absolute Gasteiger partial charge is 0.325 e. The molecule has 0 radical (unpaired) electrons. The SMILES string of the molecule is CCCN(CCC)C(C(=O)OCC)C(C(=O)OCC)N(CCC)CCC. The molecular weight excluding hydrogens is 332 g/mol. The molecule has 0 fully saturated rings. The van der Waals surface area contributed by atoms with Crippen LogP contribution < -0.4 is 0 Å². The van der Waals surface area contributed by atoms with Crippen molar-refractivity contribution in [1.82, 2.24) is 9.80 Å². The summed E-state index contributed by atoms with van der Waals surface area (Å²) in [5.41, 5.74) is 0. The standard InChI is InChI=1S/C20H40N2O4/c1-7-13-21(14-8-2)17(19(23)25-11-5)18(20(24)26-12-6)22(15-9-3)16-10-4/h17-18H,7-16H2,1-6H3. The Hall–Kier alpha value is -1.14. The van der Waals surface area contributed by atoms with E-state index in [4.69, 9.17) is 9.47 Å². The van der Waals surface area contributed by atoms with Crippen molar-refractivity contribution in [1.29, 1.82) is 0 Å². The summed E-state index contributed by atoms with van der Waals surface area (Å²) in [7, 11) is 0. The topological polar surface area (TPSA) is 59.1 Å². The minimum atomic E-state index is -0.632. The molecule has 0 rings (SSSR count). The van der Waals surface area contributed by atoms with Crippen LogP contribution in [-0.2, 0) is 19.1 Å². The van der Waals surface area contributed by atoms with E-state index in [2.05, 4.69) is 37.5 Å². The maximum atomic E-state index is 12.9. The molecule has 2 atom stereocenters. The lowest BCUT2D eigenvalue weighted by molar-refractivity contribution is -0.164. The van der Waals surface area contributed by atoms with Gasteiger partial charge in [0.25, 0.3) is 0 Å². The van der Waals surface area contributed by atoms with Crippen LogP contribution in [0.1, 0.15) is 67.2 Å². The summed E-state index contributed by atoms with van der Waals surface area (Å²) in [5, 5.41) is 0. The van der Waals surface area contributed by atoms with Crippen molar-refractivity contribution in [2.45, 2.75) is 79.3 Å². The molecule has 26 heavy (non-hydrogen) atoms. The van der Waals surface area contributed by atoms with Crippen LogP contribution in [0.4, 0.5) is 0 Å². The van der Waals surface area contributed by atoms with Crippen LogP contribution in [0, 0.1) is 0 Å². The fourth-order valence-corrected chi connectivity index (χ4v) is 3.34. The summed E-state index contributed by atoms with van der Waals surface area (Å²) in [6, 6.07) is -1.26. The summed E-state index contributed by atoms with van der Waals surface area (Å²) in [4.78, 5) is 30.0. The monoisotopic (exact) mass is 372 g/mol. The summed E-state index contributed by atoms with van der Waals surface area (Å²) in [5.74, 6) is -0.658. The number of carbonyl (C=O) groups is 2. The van der Waals surface area contributed by atoms with Gasteiger partial charge in [-0.2, -0.15) is 0 Å². The molecule has 0 aromatic carbocycles. The van der Waals surface area contributed by atoms with E-state index in [0.717, 1.165) is 51.9 Å². The van der Waals surface area contributed by atoms with Gasteiger partial charge in [0.05, 0.1) is 13.2 Å². The summed E-state index contributed by atoms with van der Waals surface area (Å²) in [6.07, 6.45) is 3.64. The van der Waals surface area contributed by atoms with Gasteiger partial charge >= 0.3 is 11.9 Å². The van der Waals surface area contributed by atoms with E-state index in [0.29, 0.717) is 13.2 Å². The van der Waals surface area contributed by atoms with E-state index in [1.807, 2.05) is 0 Å². The van der Waals surface area contributed by atoms with E-state index < -0.39 is 12.1 Å². The average molecular weight is 373 g/mol. The van der Waals surface area contributed by atoms with Crippen LogP contribution in [0.15, 0.2) is 0 Å². The fourth-order valence-electron chi connectivity index (χ4n) is 3.34. The van der Waals surface area contributed by atoms with Gasteiger partial charge in [-0.05, 0) is 65.7 Å². The first-order chi connectivity index (χ1) is 12.5. The average Bonchev–Trinajstić information content (AvgIpc) is 2.59. The highest BCUT2D eigenvalue weighted by molar-refractivity contribution is 5.87. The highest BCUT2D eigenvalue weighted by Crippen LogP contribution is 2.18. The molecule has 0 aliphatic rings. The quantitative estimate of drug-likeness (QED) is 0.412. The molecule has 6 heteroatoms. The molecular formula is C20H40N2O4. The Labute approximate surface area is 160 Å². The Morgan fingerprint density at radius 2 is 0.885 bits per heavy atom. The summed E-state index contributed by atoms with van der Waals surface area (Å²) < 4.78 is 10.8. The fraction of sp³-hybridized carbons (Fsp3) is 0.900. The maximum absolute atomic E-state index is 12.9. The van der Waals surface area contributed by atoms with Gasteiger partial charge < -0.3 is 9.47 Å². The lowest BCUT2D eigenvalue weighted by atomic mass is 10.0. The molecule has 0 N–H and O–H groups in total. The van der Waals surface area contributed by atoms with Crippen molar-refractivity contribution in [3.63, 3.8) is 0 Å². The van der Waals surface area contributed by atoms with Crippen molar-refractivity contribution in [3.05, 3.63) is 0 Å². The number of esters is 2. The predicted molar refractivity (Wildman–Crippen MR) is 105 cm³/mol. The van der Waals surface area contributed by atoms with E-state index in [9.17, 15) is 9.59 Å². The predicted octanol–water partition coefficient (Wildman–Crippen LogP) is 3.09. The van der Waals surface area contributed by atoms with Gasteiger partial charge in [-0.1, -0.05) is 27.7 Å². The Morgan fingerprint density at radius 3 is 1.08 bits per heavy atom. The Bertz CT molecular complexity index is 342. The second kappa shape index (κ2) is 15.0. The highest BCUT2D eigenvalue weighted by Gasteiger charge is 2.42. The number of hydrogen-bond acceptors (Lipinski definition) is 6. The molecule has 0 saturated carbocycles. The highest BCUT2D eigenvalue weighted by atomic mass is 16.5. The first-order valence-electron chi connectivity index (χ1n) is 10.3. The molecule has 0 aromatic rings. The largest absolute Gasteiger partial charge is 0.465 e. The minimum Gasteiger partial charge on any atom is -0.465 e. The van der Waals surface area contributed by atoms with E-state index in [1.165, 1.54) is 0 Å². The zero-order valence-electron chi connectivity index (χ0n) is 17.8. The number of ether oxygens (including phenoxy) is 2. The Morgan fingerprint density at radius 1 is 0.615 bits per heavy atom. The number of rotatable bonds is 15. The molecule has 2 unspecified atom stereocenters. The van der Waals surface area contributed by atoms with Crippen LogP contribution in [-0.4, -0.2) is 73.2 Å². The van der Waals surface area contributed by atoms with Crippen LogP contribution in [0.3, 0.4) is 0 Å². The molecule has 0 saturated heterocycles. The molecule has 154 valence electrons. The molecule has 0 aliphatic heterocycles. The van der Waals surface area contributed by atoms with Gasteiger partial charge in [-0.3, -0.25) is 19.4 Å². The zero-order valence-corrected chi connectivity index (χ0v) is 17.8. The van der Waals surface area contributed by atoms with Gasteiger partial charge in [-0.15, -0.1) is 0 Å². The van der Waals surface area contributed by atoms with Crippen molar-refractivity contribution in [2.24, 2.45) is 0 Å². The second-order valence-electron chi connectivity index (χ2n) is 6.47. The second-order valence-corrected chi connectivity index (χ2v) is 6.47. The normalized spacial score (nSPS) is 13.7. The van der Waals surface area contributed by atoms with Gasteiger partial charge in [-0.25, -0.2) is 0 Å².